The van der Waals surface area contributed by atoms with Gasteiger partial charge in [-0.05, 0) is 35.0 Å². The molecule has 0 heterocycles. The van der Waals surface area contributed by atoms with Gasteiger partial charge in [-0.2, -0.15) is 0 Å². The van der Waals surface area contributed by atoms with Crippen LogP contribution in [0, 0.1) is 0 Å². The molecule has 1 aromatic carbocycles. The molecule has 0 amide bonds. The first-order valence-corrected chi connectivity index (χ1v) is 5.70. The van der Waals surface area contributed by atoms with Gasteiger partial charge >= 0.3 is 0 Å². The highest BCUT2D eigenvalue weighted by atomic mass is 79.9. The van der Waals surface area contributed by atoms with Crippen molar-refractivity contribution in [3.63, 3.8) is 0 Å². The minimum atomic E-state index is -2.57. The van der Waals surface area contributed by atoms with Gasteiger partial charge < -0.3 is 9.47 Å². The van der Waals surface area contributed by atoms with Crippen LogP contribution in [0.1, 0.15) is 17.3 Å². The van der Waals surface area contributed by atoms with E-state index in [0.29, 0.717) is 22.9 Å². The molecule has 94 valence electrons. The van der Waals surface area contributed by atoms with Crippen LogP contribution >= 0.6 is 15.9 Å². The number of benzene rings is 1. The fourth-order valence-corrected chi connectivity index (χ4v) is 1.78. The van der Waals surface area contributed by atoms with Crippen LogP contribution in [-0.2, 0) is 0 Å². The number of halogens is 3. The van der Waals surface area contributed by atoms with Crippen LogP contribution < -0.4 is 9.47 Å². The second-order valence-corrected chi connectivity index (χ2v) is 3.94. The standard InChI is InChI=1S/C11H11BrF2O3/c1-2-16-9-4-7(5-15)3-8(12)11(9)17-6-10(13)14/h3-5,10H,2,6H2,1H3. The summed E-state index contributed by atoms with van der Waals surface area (Å²) in [7, 11) is 0. The van der Waals surface area contributed by atoms with Crippen molar-refractivity contribution in [2.24, 2.45) is 0 Å². The molecule has 0 bridgehead atoms. The number of carbonyl (C=O) groups is 1. The van der Waals surface area contributed by atoms with Crippen molar-refractivity contribution in [3.05, 3.63) is 22.2 Å². The van der Waals surface area contributed by atoms with Crippen LogP contribution in [0.4, 0.5) is 8.78 Å². The highest BCUT2D eigenvalue weighted by molar-refractivity contribution is 9.10. The molecule has 0 fully saturated rings. The summed E-state index contributed by atoms with van der Waals surface area (Å²) in [6.07, 6.45) is -1.92. The van der Waals surface area contributed by atoms with Gasteiger partial charge in [0.05, 0.1) is 11.1 Å². The van der Waals surface area contributed by atoms with Gasteiger partial charge in [-0.25, -0.2) is 8.78 Å². The molecule has 0 saturated carbocycles. The molecule has 0 spiro atoms. The second-order valence-electron chi connectivity index (χ2n) is 3.08. The molecule has 1 aromatic rings. The predicted octanol–water partition coefficient (Wildman–Crippen LogP) is 3.30. The number of alkyl halides is 2. The number of carbonyl (C=O) groups excluding carboxylic acids is 1. The summed E-state index contributed by atoms with van der Waals surface area (Å²) >= 11 is 3.15. The molecular formula is C11H11BrF2O3. The molecule has 0 saturated heterocycles. The largest absolute Gasteiger partial charge is 0.490 e. The van der Waals surface area contributed by atoms with Crippen LogP contribution in [0.15, 0.2) is 16.6 Å². The van der Waals surface area contributed by atoms with Gasteiger partial charge in [-0.15, -0.1) is 0 Å². The third kappa shape index (κ3) is 3.96. The lowest BCUT2D eigenvalue weighted by molar-refractivity contribution is 0.0796. The van der Waals surface area contributed by atoms with Crippen LogP contribution in [0.25, 0.3) is 0 Å². The van der Waals surface area contributed by atoms with Crippen molar-refractivity contribution in [1.29, 1.82) is 0 Å². The average Bonchev–Trinajstić information content (AvgIpc) is 2.27. The Hall–Kier alpha value is -1.17. The third-order valence-corrected chi connectivity index (χ3v) is 2.41. The van der Waals surface area contributed by atoms with E-state index in [0.717, 1.165) is 0 Å². The molecule has 0 aliphatic heterocycles. The SMILES string of the molecule is CCOc1cc(C=O)cc(Br)c1OCC(F)F. The molecule has 0 radical (unpaired) electrons. The first kappa shape index (κ1) is 13.9. The third-order valence-electron chi connectivity index (χ3n) is 1.82. The number of aldehydes is 1. The fraction of sp³-hybridized carbons (Fsp3) is 0.364. The molecule has 3 nitrogen and oxygen atoms in total. The molecular weight excluding hydrogens is 298 g/mol. The topological polar surface area (TPSA) is 35.5 Å². The summed E-state index contributed by atoms with van der Waals surface area (Å²) in [4.78, 5) is 10.7. The quantitative estimate of drug-likeness (QED) is 0.756. The molecule has 0 aromatic heterocycles. The molecule has 0 aliphatic rings. The molecule has 0 N–H and O–H groups in total. The van der Waals surface area contributed by atoms with E-state index in [-0.39, 0.29) is 11.5 Å². The summed E-state index contributed by atoms with van der Waals surface area (Å²) in [5, 5.41) is 0. The molecule has 0 atom stereocenters. The van der Waals surface area contributed by atoms with E-state index in [2.05, 4.69) is 15.9 Å². The van der Waals surface area contributed by atoms with E-state index in [9.17, 15) is 13.6 Å². The first-order chi connectivity index (χ1) is 8.08. The van der Waals surface area contributed by atoms with Gasteiger partial charge in [0.25, 0.3) is 6.43 Å². The normalized spacial score (nSPS) is 10.4. The van der Waals surface area contributed by atoms with E-state index < -0.39 is 13.0 Å². The van der Waals surface area contributed by atoms with Crippen molar-refractivity contribution >= 4 is 22.2 Å². The highest BCUT2D eigenvalue weighted by Gasteiger charge is 2.14. The molecule has 1 rings (SSSR count). The van der Waals surface area contributed by atoms with Gasteiger partial charge in [0.2, 0.25) is 0 Å². The van der Waals surface area contributed by atoms with Crippen molar-refractivity contribution < 1.29 is 23.0 Å². The lowest BCUT2D eigenvalue weighted by atomic mass is 10.2. The summed E-state index contributed by atoms with van der Waals surface area (Å²) in [5.41, 5.74) is 0.379. The maximum atomic E-state index is 12.1. The van der Waals surface area contributed by atoms with Gasteiger partial charge in [0.15, 0.2) is 11.5 Å². The Morgan fingerprint density at radius 1 is 1.41 bits per heavy atom. The van der Waals surface area contributed by atoms with Crippen LogP contribution in [-0.4, -0.2) is 25.9 Å². The Morgan fingerprint density at radius 2 is 2.12 bits per heavy atom. The van der Waals surface area contributed by atoms with E-state index in [4.69, 9.17) is 9.47 Å². The van der Waals surface area contributed by atoms with Crippen LogP contribution in [0.2, 0.25) is 0 Å². The Morgan fingerprint density at radius 3 is 2.65 bits per heavy atom. The van der Waals surface area contributed by atoms with E-state index in [1.165, 1.54) is 12.1 Å². The lowest BCUT2D eigenvalue weighted by Crippen LogP contribution is -2.09. The maximum Gasteiger partial charge on any atom is 0.272 e. The Bertz CT molecular complexity index is 397. The summed E-state index contributed by atoms with van der Waals surface area (Å²) in [6.45, 7) is 1.37. The van der Waals surface area contributed by atoms with Crippen molar-refractivity contribution in [2.75, 3.05) is 13.2 Å². The number of ether oxygens (including phenoxy) is 2. The smallest absolute Gasteiger partial charge is 0.272 e. The first-order valence-electron chi connectivity index (χ1n) is 4.91. The lowest BCUT2D eigenvalue weighted by Gasteiger charge is -2.13. The predicted molar refractivity (Wildman–Crippen MR) is 62.2 cm³/mol. The number of hydrogen-bond donors (Lipinski definition) is 0. The van der Waals surface area contributed by atoms with Gasteiger partial charge in [0, 0.05) is 5.56 Å². The fourth-order valence-electron chi connectivity index (χ4n) is 1.21. The molecule has 6 heteroatoms. The Kier molecular flexibility index (Phi) is 5.34. The zero-order chi connectivity index (χ0) is 12.8. The average molecular weight is 309 g/mol. The summed E-state index contributed by atoms with van der Waals surface area (Å²) < 4.78 is 34.7. The zero-order valence-electron chi connectivity index (χ0n) is 9.08. The van der Waals surface area contributed by atoms with Crippen molar-refractivity contribution in [2.45, 2.75) is 13.3 Å². The number of hydrogen-bond acceptors (Lipinski definition) is 3. The zero-order valence-corrected chi connectivity index (χ0v) is 10.7. The second kappa shape index (κ2) is 6.54. The highest BCUT2D eigenvalue weighted by Crippen LogP contribution is 2.36. The van der Waals surface area contributed by atoms with Gasteiger partial charge in [-0.3, -0.25) is 4.79 Å². The van der Waals surface area contributed by atoms with Crippen LogP contribution in [0.3, 0.4) is 0 Å². The minimum absolute atomic E-state index is 0.178. The van der Waals surface area contributed by atoms with Crippen molar-refractivity contribution in [3.8, 4) is 11.5 Å². The number of rotatable bonds is 6. The van der Waals surface area contributed by atoms with Crippen LogP contribution in [0.5, 0.6) is 11.5 Å². The minimum Gasteiger partial charge on any atom is -0.490 e. The van der Waals surface area contributed by atoms with Gasteiger partial charge in [-0.1, -0.05) is 0 Å². The summed E-state index contributed by atoms with van der Waals surface area (Å²) in [5.74, 6) is 0.447. The molecule has 17 heavy (non-hydrogen) atoms. The molecule has 0 aliphatic carbocycles. The monoisotopic (exact) mass is 308 g/mol. The Labute approximate surface area is 106 Å². The van der Waals surface area contributed by atoms with Crippen molar-refractivity contribution in [1.82, 2.24) is 0 Å². The van der Waals surface area contributed by atoms with E-state index in [1.54, 1.807) is 6.92 Å². The van der Waals surface area contributed by atoms with E-state index >= 15 is 0 Å². The molecule has 0 unspecified atom stereocenters. The Balaban J connectivity index is 3.02. The van der Waals surface area contributed by atoms with Gasteiger partial charge in [0.1, 0.15) is 12.9 Å². The van der Waals surface area contributed by atoms with E-state index in [1.807, 2.05) is 0 Å². The summed E-state index contributed by atoms with van der Waals surface area (Å²) in [6, 6.07) is 2.93. The maximum absolute atomic E-state index is 12.1.